The van der Waals surface area contributed by atoms with Gasteiger partial charge in [0.05, 0.1) is 18.7 Å². The minimum Gasteiger partial charge on any atom is -0.478 e. The number of carboxylic acids is 1. The SMILES string of the molecule is Cc1c(F)cc(C(=O)O)cc1NC1=CC(=O)N(CCO)C1=O. The summed E-state index contributed by atoms with van der Waals surface area (Å²) in [5, 5.41) is 20.3. The molecule has 1 aliphatic rings. The van der Waals surface area contributed by atoms with Crippen molar-refractivity contribution in [3.63, 3.8) is 0 Å². The number of imide groups is 1. The van der Waals surface area contributed by atoms with Crippen LogP contribution in [0.2, 0.25) is 0 Å². The summed E-state index contributed by atoms with van der Waals surface area (Å²) in [4.78, 5) is 35.4. The van der Waals surface area contributed by atoms with E-state index in [0.29, 0.717) is 0 Å². The molecule has 2 amide bonds. The van der Waals surface area contributed by atoms with Gasteiger partial charge in [0.1, 0.15) is 11.5 Å². The van der Waals surface area contributed by atoms with Gasteiger partial charge >= 0.3 is 5.97 Å². The van der Waals surface area contributed by atoms with Gasteiger partial charge < -0.3 is 15.5 Å². The van der Waals surface area contributed by atoms with Crippen LogP contribution in [0.1, 0.15) is 15.9 Å². The lowest BCUT2D eigenvalue weighted by Gasteiger charge is -2.15. The first-order valence-electron chi connectivity index (χ1n) is 6.34. The number of β-amino-alcohol motifs (C(OH)–C–C–N with tert-alkyl or cyclic N) is 1. The first kappa shape index (κ1) is 15.6. The number of amides is 2. The average molecular weight is 308 g/mol. The second kappa shape index (κ2) is 5.94. The van der Waals surface area contributed by atoms with E-state index < -0.39 is 23.6 Å². The molecular weight excluding hydrogens is 295 g/mol. The molecule has 1 heterocycles. The highest BCUT2D eigenvalue weighted by Crippen LogP contribution is 2.24. The molecular formula is C14H13FN2O5. The predicted octanol–water partition coefficient (Wildman–Crippen LogP) is 0.489. The number of carboxylic acid groups (broad SMARTS) is 1. The van der Waals surface area contributed by atoms with Crippen LogP contribution in [0.4, 0.5) is 10.1 Å². The van der Waals surface area contributed by atoms with Gasteiger partial charge in [0.15, 0.2) is 0 Å². The van der Waals surface area contributed by atoms with Gasteiger partial charge in [-0.2, -0.15) is 0 Å². The van der Waals surface area contributed by atoms with Crippen LogP contribution >= 0.6 is 0 Å². The summed E-state index contributed by atoms with van der Waals surface area (Å²) < 4.78 is 13.7. The molecule has 0 atom stereocenters. The van der Waals surface area contributed by atoms with E-state index in [4.69, 9.17) is 10.2 Å². The minimum atomic E-state index is -1.31. The summed E-state index contributed by atoms with van der Waals surface area (Å²) in [5.74, 6) is -3.33. The molecule has 1 aromatic rings. The molecule has 0 spiro atoms. The highest BCUT2D eigenvalue weighted by molar-refractivity contribution is 6.17. The lowest BCUT2D eigenvalue weighted by molar-refractivity contribution is -0.137. The van der Waals surface area contributed by atoms with E-state index in [2.05, 4.69) is 5.32 Å². The number of aromatic carboxylic acids is 1. The van der Waals surface area contributed by atoms with Gasteiger partial charge in [-0.25, -0.2) is 9.18 Å². The fourth-order valence-corrected chi connectivity index (χ4v) is 1.99. The number of nitrogens with zero attached hydrogens (tertiary/aromatic N) is 1. The summed E-state index contributed by atoms with van der Waals surface area (Å²) in [7, 11) is 0. The maximum Gasteiger partial charge on any atom is 0.335 e. The van der Waals surface area contributed by atoms with Crippen LogP contribution in [0.15, 0.2) is 23.9 Å². The first-order chi connectivity index (χ1) is 10.3. The van der Waals surface area contributed by atoms with Gasteiger partial charge in [-0.15, -0.1) is 0 Å². The number of nitrogens with one attached hydrogen (secondary N) is 1. The molecule has 1 aromatic carbocycles. The van der Waals surface area contributed by atoms with Gasteiger partial charge in [-0.3, -0.25) is 14.5 Å². The normalized spacial score (nSPS) is 14.3. The number of benzene rings is 1. The number of anilines is 1. The molecule has 0 aliphatic carbocycles. The number of aliphatic hydroxyl groups is 1. The number of carbonyl (C=O) groups excluding carboxylic acids is 2. The van der Waals surface area contributed by atoms with Crippen molar-refractivity contribution in [2.24, 2.45) is 0 Å². The molecule has 8 heteroatoms. The second-order valence-corrected chi connectivity index (χ2v) is 4.64. The molecule has 3 N–H and O–H groups in total. The van der Waals surface area contributed by atoms with Crippen molar-refractivity contribution in [2.45, 2.75) is 6.92 Å². The highest BCUT2D eigenvalue weighted by Gasteiger charge is 2.31. The molecule has 0 fully saturated rings. The Kier molecular flexibility index (Phi) is 4.22. The van der Waals surface area contributed by atoms with E-state index in [-0.39, 0.29) is 35.7 Å². The third-order valence-electron chi connectivity index (χ3n) is 3.19. The summed E-state index contributed by atoms with van der Waals surface area (Å²) in [6.07, 6.45) is 1.02. The smallest absolute Gasteiger partial charge is 0.335 e. The summed E-state index contributed by atoms with van der Waals surface area (Å²) in [6.45, 7) is 0.888. The van der Waals surface area contributed by atoms with E-state index in [0.717, 1.165) is 17.0 Å². The Morgan fingerprint density at radius 1 is 1.36 bits per heavy atom. The Balaban J connectivity index is 2.32. The highest BCUT2D eigenvalue weighted by atomic mass is 19.1. The Morgan fingerprint density at radius 3 is 2.64 bits per heavy atom. The lowest BCUT2D eigenvalue weighted by atomic mass is 10.1. The van der Waals surface area contributed by atoms with Crippen molar-refractivity contribution in [2.75, 3.05) is 18.5 Å². The number of halogens is 1. The fraction of sp³-hybridized carbons (Fsp3) is 0.214. The standard InChI is InChI=1S/C14H13FN2O5/c1-7-9(15)4-8(14(21)22)5-10(7)16-11-6-12(19)17(2-3-18)13(11)20/h4-6,16,18H,2-3H2,1H3,(H,21,22). The van der Waals surface area contributed by atoms with E-state index in [9.17, 15) is 18.8 Å². The van der Waals surface area contributed by atoms with Gasteiger partial charge in [-0.1, -0.05) is 0 Å². The van der Waals surface area contributed by atoms with E-state index in [1.165, 1.54) is 13.0 Å². The van der Waals surface area contributed by atoms with Crippen LogP contribution in [-0.2, 0) is 9.59 Å². The van der Waals surface area contributed by atoms with Crippen LogP contribution < -0.4 is 5.32 Å². The van der Waals surface area contributed by atoms with E-state index in [1.54, 1.807) is 0 Å². The third kappa shape index (κ3) is 2.82. The molecule has 0 saturated heterocycles. The lowest BCUT2D eigenvalue weighted by Crippen LogP contribution is -2.34. The van der Waals surface area contributed by atoms with Gasteiger partial charge in [-0.05, 0) is 19.1 Å². The molecule has 0 bridgehead atoms. The maximum atomic E-state index is 13.7. The van der Waals surface area contributed by atoms with E-state index >= 15 is 0 Å². The van der Waals surface area contributed by atoms with Gasteiger partial charge in [0.25, 0.3) is 11.8 Å². The largest absolute Gasteiger partial charge is 0.478 e. The van der Waals surface area contributed by atoms with Crippen molar-refractivity contribution >= 4 is 23.5 Å². The zero-order valence-electron chi connectivity index (χ0n) is 11.6. The van der Waals surface area contributed by atoms with Crippen LogP contribution in [0, 0.1) is 12.7 Å². The molecule has 7 nitrogen and oxygen atoms in total. The van der Waals surface area contributed by atoms with Crippen molar-refractivity contribution in [1.82, 2.24) is 4.90 Å². The molecule has 0 unspecified atom stereocenters. The van der Waals surface area contributed by atoms with Gasteiger partial charge in [0.2, 0.25) is 0 Å². The quantitative estimate of drug-likeness (QED) is 0.683. The monoisotopic (exact) mass is 308 g/mol. The van der Waals surface area contributed by atoms with Crippen LogP contribution in [0.5, 0.6) is 0 Å². The average Bonchev–Trinajstić information content (AvgIpc) is 2.71. The Labute approximate surface area is 124 Å². The molecule has 1 aliphatic heterocycles. The number of rotatable bonds is 5. The second-order valence-electron chi connectivity index (χ2n) is 4.64. The number of aliphatic hydroxyl groups excluding tert-OH is 1. The zero-order chi connectivity index (χ0) is 16.4. The summed E-state index contributed by atoms with van der Waals surface area (Å²) in [5.41, 5.74) is -0.193. The van der Waals surface area contributed by atoms with Crippen molar-refractivity contribution in [3.05, 3.63) is 40.8 Å². The Bertz CT molecular complexity index is 699. The van der Waals surface area contributed by atoms with Crippen LogP contribution in [-0.4, -0.2) is 46.0 Å². The molecule has 22 heavy (non-hydrogen) atoms. The number of hydrogen-bond donors (Lipinski definition) is 3. The minimum absolute atomic E-state index is 0.0793. The maximum absolute atomic E-state index is 13.7. The zero-order valence-corrected chi connectivity index (χ0v) is 11.6. The molecule has 0 aromatic heterocycles. The first-order valence-corrected chi connectivity index (χ1v) is 6.34. The Hall–Kier alpha value is -2.74. The van der Waals surface area contributed by atoms with Crippen molar-refractivity contribution < 1.29 is 29.0 Å². The molecule has 0 saturated carbocycles. The summed E-state index contributed by atoms with van der Waals surface area (Å²) in [6, 6.07) is 2.05. The predicted molar refractivity (Wildman–Crippen MR) is 73.6 cm³/mol. The molecule has 116 valence electrons. The van der Waals surface area contributed by atoms with Crippen molar-refractivity contribution in [1.29, 1.82) is 0 Å². The molecule has 2 rings (SSSR count). The summed E-state index contributed by atoms with van der Waals surface area (Å²) >= 11 is 0. The third-order valence-corrected chi connectivity index (χ3v) is 3.19. The van der Waals surface area contributed by atoms with Crippen LogP contribution in [0.3, 0.4) is 0 Å². The Morgan fingerprint density at radius 2 is 2.05 bits per heavy atom. The number of carbonyl (C=O) groups is 3. The topological polar surface area (TPSA) is 107 Å². The van der Waals surface area contributed by atoms with Crippen molar-refractivity contribution in [3.8, 4) is 0 Å². The molecule has 0 radical (unpaired) electrons. The number of hydrogen-bond acceptors (Lipinski definition) is 5. The van der Waals surface area contributed by atoms with Gasteiger partial charge in [0, 0.05) is 17.3 Å². The fourth-order valence-electron chi connectivity index (χ4n) is 1.99. The van der Waals surface area contributed by atoms with Crippen LogP contribution in [0.25, 0.3) is 0 Å². The van der Waals surface area contributed by atoms with E-state index in [1.807, 2.05) is 0 Å².